The SMILES string of the molecule is COc1cc(NC=O)cc(CCC(=O)O)c1OC. The predicted molar refractivity (Wildman–Crippen MR) is 65.2 cm³/mol. The Morgan fingerprint density at radius 2 is 2.11 bits per heavy atom. The van der Waals surface area contributed by atoms with E-state index in [2.05, 4.69) is 5.32 Å². The number of benzene rings is 1. The molecule has 6 heteroatoms. The highest BCUT2D eigenvalue weighted by Crippen LogP contribution is 2.35. The summed E-state index contributed by atoms with van der Waals surface area (Å²) in [6.07, 6.45) is 0.815. The number of aliphatic carboxylic acids is 1. The number of aryl methyl sites for hydroxylation is 1. The van der Waals surface area contributed by atoms with Crippen molar-refractivity contribution in [3.05, 3.63) is 17.7 Å². The summed E-state index contributed by atoms with van der Waals surface area (Å²) in [7, 11) is 2.96. The third kappa shape index (κ3) is 3.38. The van der Waals surface area contributed by atoms with Gasteiger partial charge < -0.3 is 19.9 Å². The summed E-state index contributed by atoms with van der Waals surface area (Å²) in [6, 6.07) is 3.27. The van der Waals surface area contributed by atoms with Crippen LogP contribution in [0.15, 0.2) is 12.1 Å². The first-order valence-corrected chi connectivity index (χ1v) is 5.29. The van der Waals surface area contributed by atoms with Crippen LogP contribution >= 0.6 is 0 Å². The highest BCUT2D eigenvalue weighted by atomic mass is 16.5. The van der Waals surface area contributed by atoms with Gasteiger partial charge in [-0.1, -0.05) is 0 Å². The third-order valence-electron chi connectivity index (χ3n) is 2.39. The van der Waals surface area contributed by atoms with E-state index in [0.717, 1.165) is 0 Å². The van der Waals surface area contributed by atoms with Crippen LogP contribution in [0.2, 0.25) is 0 Å². The average molecular weight is 253 g/mol. The van der Waals surface area contributed by atoms with Crippen molar-refractivity contribution in [2.24, 2.45) is 0 Å². The largest absolute Gasteiger partial charge is 0.493 e. The van der Waals surface area contributed by atoms with Crippen LogP contribution < -0.4 is 14.8 Å². The number of carboxylic acid groups (broad SMARTS) is 1. The topological polar surface area (TPSA) is 84.9 Å². The molecule has 0 aliphatic heterocycles. The van der Waals surface area contributed by atoms with Gasteiger partial charge >= 0.3 is 5.97 Å². The van der Waals surface area contributed by atoms with Gasteiger partial charge in [-0.3, -0.25) is 9.59 Å². The average Bonchev–Trinajstić information content (AvgIpc) is 2.35. The molecular weight excluding hydrogens is 238 g/mol. The smallest absolute Gasteiger partial charge is 0.303 e. The van der Waals surface area contributed by atoms with E-state index in [1.165, 1.54) is 14.2 Å². The molecule has 18 heavy (non-hydrogen) atoms. The molecule has 1 aromatic rings. The van der Waals surface area contributed by atoms with Gasteiger partial charge in [-0.05, 0) is 12.5 Å². The number of amides is 1. The summed E-state index contributed by atoms with van der Waals surface area (Å²) < 4.78 is 10.3. The lowest BCUT2D eigenvalue weighted by Gasteiger charge is -2.14. The number of rotatable bonds is 7. The van der Waals surface area contributed by atoms with E-state index >= 15 is 0 Å². The minimum atomic E-state index is -0.898. The minimum Gasteiger partial charge on any atom is -0.493 e. The summed E-state index contributed by atoms with van der Waals surface area (Å²) >= 11 is 0. The number of hydrogen-bond donors (Lipinski definition) is 2. The molecule has 0 atom stereocenters. The van der Waals surface area contributed by atoms with Crippen molar-refractivity contribution in [1.82, 2.24) is 0 Å². The summed E-state index contributed by atoms with van der Waals surface area (Å²) in [4.78, 5) is 21.0. The number of ether oxygens (including phenoxy) is 2. The Morgan fingerprint density at radius 1 is 1.39 bits per heavy atom. The van der Waals surface area contributed by atoms with E-state index in [9.17, 15) is 9.59 Å². The van der Waals surface area contributed by atoms with E-state index in [1.54, 1.807) is 12.1 Å². The van der Waals surface area contributed by atoms with Crippen molar-refractivity contribution in [1.29, 1.82) is 0 Å². The number of carbonyl (C=O) groups is 2. The van der Waals surface area contributed by atoms with Gasteiger partial charge in [-0.15, -0.1) is 0 Å². The molecule has 1 rings (SSSR count). The Labute approximate surface area is 105 Å². The molecule has 0 bridgehead atoms. The van der Waals surface area contributed by atoms with Gasteiger partial charge in [0, 0.05) is 23.7 Å². The number of methoxy groups -OCH3 is 2. The Balaban J connectivity index is 3.12. The van der Waals surface area contributed by atoms with Gasteiger partial charge in [0.15, 0.2) is 11.5 Å². The van der Waals surface area contributed by atoms with Gasteiger partial charge in [0.25, 0.3) is 0 Å². The lowest BCUT2D eigenvalue weighted by molar-refractivity contribution is -0.137. The van der Waals surface area contributed by atoms with Gasteiger partial charge in [0.2, 0.25) is 6.41 Å². The van der Waals surface area contributed by atoms with Crippen molar-refractivity contribution >= 4 is 18.1 Å². The lowest BCUT2D eigenvalue weighted by Crippen LogP contribution is -2.03. The normalized spacial score (nSPS) is 9.67. The summed E-state index contributed by atoms with van der Waals surface area (Å²) in [5.41, 5.74) is 1.20. The molecule has 1 aromatic carbocycles. The van der Waals surface area contributed by atoms with E-state index < -0.39 is 5.97 Å². The van der Waals surface area contributed by atoms with Crippen molar-refractivity contribution in [2.75, 3.05) is 19.5 Å². The Kier molecular flexibility index (Phi) is 4.98. The van der Waals surface area contributed by atoms with E-state index in [0.29, 0.717) is 35.6 Å². The van der Waals surface area contributed by atoms with E-state index in [-0.39, 0.29) is 6.42 Å². The highest BCUT2D eigenvalue weighted by Gasteiger charge is 2.13. The maximum Gasteiger partial charge on any atom is 0.303 e. The van der Waals surface area contributed by atoms with Gasteiger partial charge in [-0.2, -0.15) is 0 Å². The van der Waals surface area contributed by atoms with Crippen molar-refractivity contribution in [3.63, 3.8) is 0 Å². The molecule has 0 aromatic heterocycles. The zero-order chi connectivity index (χ0) is 13.5. The quantitative estimate of drug-likeness (QED) is 0.715. The van der Waals surface area contributed by atoms with E-state index in [1.807, 2.05) is 0 Å². The van der Waals surface area contributed by atoms with Crippen molar-refractivity contribution in [2.45, 2.75) is 12.8 Å². The number of anilines is 1. The Bertz CT molecular complexity index is 444. The van der Waals surface area contributed by atoms with Crippen molar-refractivity contribution < 1.29 is 24.2 Å². The number of nitrogens with one attached hydrogen (secondary N) is 1. The first-order chi connectivity index (χ1) is 8.62. The van der Waals surface area contributed by atoms with Crippen LogP contribution in [0, 0.1) is 0 Å². The molecule has 2 N–H and O–H groups in total. The molecule has 0 unspecified atom stereocenters. The maximum absolute atomic E-state index is 10.6. The molecule has 0 saturated heterocycles. The third-order valence-corrected chi connectivity index (χ3v) is 2.39. The fourth-order valence-corrected chi connectivity index (χ4v) is 1.62. The van der Waals surface area contributed by atoms with Crippen LogP contribution in [-0.4, -0.2) is 31.7 Å². The standard InChI is InChI=1S/C12H15NO5/c1-17-10-6-9(13-7-14)5-8(12(10)18-2)3-4-11(15)16/h5-7H,3-4H2,1-2H3,(H,13,14)(H,15,16). The number of carboxylic acids is 1. The van der Waals surface area contributed by atoms with Crippen LogP contribution in [0.1, 0.15) is 12.0 Å². The molecule has 0 heterocycles. The Hall–Kier alpha value is -2.24. The summed E-state index contributed by atoms with van der Waals surface area (Å²) in [5, 5.41) is 11.2. The summed E-state index contributed by atoms with van der Waals surface area (Å²) in [6.45, 7) is 0. The molecule has 0 aliphatic carbocycles. The molecule has 1 amide bonds. The van der Waals surface area contributed by atoms with Crippen LogP contribution in [0.4, 0.5) is 5.69 Å². The fourth-order valence-electron chi connectivity index (χ4n) is 1.62. The van der Waals surface area contributed by atoms with Crippen LogP contribution in [0.5, 0.6) is 11.5 Å². The Morgan fingerprint density at radius 3 is 2.61 bits per heavy atom. The summed E-state index contributed by atoms with van der Waals surface area (Å²) in [5.74, 6) is 0.0321. The zero-order valence-electron chi connectivity index (χ0n) is 10.2. The maximum atomic E-state index is 10.6. The second-order valence-corrected chi connectivity index (χ2v) is 3.53. The first-order valence-electron chi connectivity index (χ1n) is 5.29. The molecule has 0 aliphatic rings. The molecule has 0 radical (unpaired) electrons. The fraction of sp³-hybridized carbons (Fsp3) is 0.333. The van der Waals surface area contributed by atoms with Gasteiger partial charge in [0.05, 0.1) is 14.2 Å². The highest BCUT2D eigenvalue weighted by molar-refractivity contribution is 5.74. The second kappa shape index (κ2) is 6.48. The molecule has 0 spiro atoms. The molecular formula is C12H15NO5. The minimum absolute atomic E-state index is 0.0238. The van der Waals surface area contributed by atoms with Crippen LogP contribution in [0.25, 0.3) is 0 Å². The zero-order valence-corrected chi connectivity index (χ0v) is 10.2. The molecule has 0 saturated carbocycles. The van der Waals surface area contributed by atoms with Gasteiger partial charge in [0.1, 0.15) is 0 Å². The van der Waals surface area contributed by atoms with E-state index in [4.69, 9.17) is 14.6 Å². The van der Waals surface area contributed by atoms with Gasteiger partial charge in [-0.25, -0.2) is 0 Å². The number of hydrogen-bond acceptors (Lipinski definition) is 4. The first kappa shape index (κ1) is 13.8. The number of carbonyl (C=O) groups excluding carboxylic acids is 1. The predicted octanol–water partition coefficient (Wildman–Crippen LogP) is 1.29. The van der Waals surface area contributed by atoms with Crippen molar-refractivity contribution in [3.8, 4) is 11.5 Å². The lowest BCUT2D eigenvalue weighted by atomic mass is 10.1. The van der Waals surface area contributed by atoms with Crippen LogP contribution in [-0.2, 0) is 16.0 Å². The second-order valence-electron chi connectivity index (χ2n) is 3.53. The molecule has 0 fully saturated rings. The van der Waals surface area contributed by atoms with Crippen LogP contribution in [0.3, 0.4) is 0 Å². The molecule has 98 valence electrons. The molecule has 6 nitrogen and oxygen atoms in total. The monoisotopic (exact) mass is 253 g/mol.